The third-order valence-corrected chi connectivity index (χ3v) is 4.90. The van der Waals surface area contributed by atoms with Gasteiger partial charge in [-0.1, -0.05) is 0 Å². The summed E-state index contributed by atoms with van der Waals surface area (Å²) in [6, 6.07) is 2.82. The van der Waals surface area contributed by atoms with E-state index in [0.717, 1.165) is 0 Å². The molecular formula is C13H12ClFN2O2S. The van der Waals surface area contributed by atoms with Crippen molar-refractivity contribution in [3.8, 4) is 0 Å². The van der Waals surface area contributed by atoms with Gasteiger partial charge in [0.05, 0.1) is 17.4 Å². The van der Waals surface area contributed by atoms with Gasteiger partial charge in [0.2, 0.25) is 11.8 Å². The van der Waals surface area contributed by atoms with Crippen molar-refractivity contribution >= 4 is 40.9 Å². The molecule has 2 aliphatic rings. The minimum Gasteiger partial charge on any atom is -0.352 e. The van der Waals surface area contributed by atoms with Gasteiger partial charge < -0.3 is 10.6 Å². The first kappa shape index (κ1) is 13.7. The van der Waals surface area contributed by atoms with E-state index >= 15 is 0 Å². The van der Waals surface area contributed by atoms with Crippen molar-refractivity contribution in [3.63, 3.8) is 0 Å². The van der Waals surface area contributed by atoms with Crippen LogP contribution in [0.25, 0.3) is 0 Å². The summed E-state index contributed by atoms with van der Waals surface area (Å²) in [5.41, 5.74) is 0.890. The predicted molar refractivity (Wildman–Crippen MR) is 75.8 cm³/mol. The van der Waals surface area contributed by atoms with Crippen LogP contribution in [0.4, 0.5) is 10.1 Å². The summed E-state index contributed by atoms with van der Waals surface area (Å²) >= 11 is 7.03. The molecule has 7 heteroatoms. The maximum atomic E-state index is 14.2. The topological polar surface area (TPSA) is 58.2 Å². The molecule has 0 spiro atoms. The maximum Gasteiger partial charge on any atom is 0.234 e. The Hall–Kier alpha value is -1.27. The number of alkyl halides is 1. The van der Waals surface area contributed by atoms with Crippen LogP contribution in [0.2, 0.25) is 0 Å². The van der Waals surface area contributed by atoms with E-state index in [1.54, 1.807) is 6.07 Å². The molecule has 106 valence electrons. The smallest absolute Gasteiger partial charge is 0.234 e. The Morgan fingerprint density at radius 2 is 2.20 bits per heavy atom. The number of rotatable bonds is 2. The third kappa shape index (κ3) is 2.38. The lowest BCUT2D eigenvalue weighted by Gasteiger charge is -2.19. The normalized spacial score (nSPS) is 25.1. The fourth-order valence-electron chi connectivity index (χ4n) is 2.51. The van der Waals surface area contributed by atoms with E-state index < -0.39 is 11.7 Å². The van der Waals surface area contributed by atoms with E-state index in [1.165, 1.54) is 17.8 Å². The number of carbonyl (C=O) groups excluding carboxylic acids is 2. The zero-order valence-corrected chi connectivity index (χ0v) is 12.0. The Bertz CT molecular complexity index is 596. The van der Waals surface area contributed by atoms with Gasteiger partial charge in [-0.05, 0) is 18.6 Å². The molecule has 2 aliphatic heterocycles. The highest BCUT2D eigenvalue weighted by Crippen LogP contribution is 2.37. The Kier molecular flexibility index (Phi) is 3.60. The van der Waals surface area contributed by atoms with E-state index in [1.807, 2.05) is 0 Å². The van der Waals surface area contributed by atoms with Crippen molar-refractivity contribution in [2.24, 2.45) is 0 Å². The number of fused-ring (bicyclic) bond motifs is 1. The summed E-state index contributed by atoms with van der Waals surface area (Å²) in [4.78, 5) is 24.0. The Labute approximate surface area is 124 Å². The molecule has 2 heterocycles. The van der Waals surface area contributed by atoms with Crippen LogP contribution in [0.15, 0.2) is 17.0 Å². The van der Waals surface area contributed by atoms with Gasteiger partial charge in [0, 0.05) is 22.4 Å². The van der Waals surface area contributed by atoms with Gasteiger partial charge in [-0.3, -0.25) is 9.59 Å². The lowest BCUT2D eigenvalue weighted by Crippen LogP contribution is -2.27. The lowest BCUT2D eigenvalue weighted by molar-refractivity contribution is -0.120. The fraction of sp³-hybridized carbons (Fsp3) is 0.385. The summed E-state index contributed by atoms with van der Waals surface area (Å²) in [5, 5.41) is 5.44. The van der Waals surface area contributed by atoms with Gasteiger partial charge in [-0.15, -0.1) is 23.4 Å². The first-order chi connectivity index (χ1) is 9.58. The molecule has 4 nitrogen and oxygen atoms in total. The van der Waals surface area contributed by atoms with Crippen molar-refractivity contribution in [1.82, 2.24) is 5.32 Å². The molecule has 1 aromatic rings. The molecule has 2 atom stereocenters. The van der Waals surface area contributed by atoms with Crippen molar-refractivity contribution in [2.45, 2.75) is 23.3 Å². The molecule has 1 aromatic carbocycles. The molecule has 3 rings (SSSR count). The second-order valence-electron chi connectivity index (χ2n) is 4.85. The number of halogens is 2. The highest BCUT2D eigenvalue weighted by Gasteiger charge is 2.35. The van der Waals surface area contributed by atoms with Gasteiger partial charge >= 0.3 is 0 Å². The third-order valence-electron chi connectivity index (χ3n) is 3.48. The number of amides is 2. The second-order valence-corrected chi connectivity index (χ2v) is 6.18. The molecule has 0 aliphatic carbocycles. The van der Waals surface area contributed by atoms with Crippen LogP contribution in [-0.4, -0.2) is 29.5 Å². The van der Waals surface area contributed by atoms with Gasteiger partial charge in [-0.2, -0.15) is 0 Å². The number of carbonyl (C=O) groups is 2. The average molecular weight is 315 g/mol. The van der Waals surface area contributed by atoms with Crippen LogP contribution in [-0.2, 0) is 9.59 Å². The number of thioether (sulfide) groups is 1. The molecule has 20 heavy (non-hydrogen) atoms. The van der Waals surface area contributed by atoms with Crippen LogP contribution < -0.4 is 10.6 Å². The number of hydrogen-bond acceptors (Lipinski definition) is 3. The zero-order chi connectivity index (χ0) is 14.3. The monoisotopic (exact) mass is 314 g/mol. The van der Waals surface area contributed by atoms with Gasteiger partial charge in [0.15, 0.2) is 0 Å². The first-order valence-corrected chi connectivity index (χ1v) is 7.73. The molecule has 1 saturated heterocycles. The second kappa shape index (κ2) is 5.26. The van der Waals surface area contributed by atoms with Crippen LogP contribution in [0, 0.1) is 5.82 Å². The molecular weight excluding hydrogens is 303 g/mol. The van der Waals surface area contributed by atoms with Gasteiger partial charge in [0.1, 0.15) is 5.82 Å². The highest BCUT2D eigenvalue weighted by atomic mass is 35.5. The Morgan fingerprint density at radius 1 is 1.40 bits per heavy atom. The number of benzene rings is 1. The summed E-state index contributed by atoms with van der Waals surface area (Å²) in [7, 11) is 0. The number of nitrogens with one attached hydrogen (secondary N) is 2. The summed E-state index contributed by atoms with van der Waals surface area (Å²) in [6.45, 7) is 0. The largest absolute Gasteiger partial charge is 0.352 e. The average Bonchev–Trinajstić information content (AvgIpc) is 2.79. The van der Waals surface area contributed by atoms with Gasteiger partial charge in [-0.25, -0.2) is 4.39 Å². The lowest BCUT2D eigenvalue weighted by atomic mass is 9.95. The molecule has 0 radical (unpaired) electrons. The molecule has 0 saturated carbocycles. The van der Waals surface area contributed by atoms with E-state index in [0.29, 0.717) is 28.4 Å². The standard InChI is InChI=1S/C13H12ClFN2O2S/c14-4-6-1-8(13(19)16-6)7-2-10-11(3-9(7)15)20-5-12(18)17-10/h2-3,6,8H,1,4-5H2,(H,16,19)(H,17,18). The molecule has 1 fully saturated rings. The molecule has 2 amide bonds. The SMILES string of the molecule is O=C1CSc2cc(F)c(C3CC(CCl)NC3=O)cc2N1. The van der Waals surface area contributed by atoms with Crippen LogP contribution in [0.3, 0.4) is 0 Å². The Morgan fingerprint density at radius 3 is 2.90 bits per heavy atom. The fourth-order valence-corrected chi connectivity index (χ4v) is 3.52. The minimum atomic E-state index is -0.548. The molecule has 2 N–H and O–H groups in total. The van der Waals surface area contributed by atoms with Crippen molar-refractivity contribution in [2.75, 3.05) is 16.9 Å². The zero-order valence-electron chi connectivity index (χ0n) is 10.4. The van der Waals surface area contributed by atoms with E-state index in [9.17, 15) is 14.0 Å². The van der Waals surface area contributed by atoms with Crippen molar-refractivity contribution < 1.29 is 14.0 Å². The number of anilines is 1. The van der Waals surface area contributed by atoms with E-state index in [4.69, 9.17) is 11.6 Å². The summed E-state index contributed by atoms with van der Waals surface area (Å²) < 4.78 is 14.2. The Balaban J connectivity index is 1.96. The minimum absolute atomic E-state index is 0.116. The van der Waals surface area contributed by atoms with E-state index in [2.05, 4.69) is 10.6 Å². The predicted octanol–water partition coefficient (Wildman–Crippen LogP) is 2.08. The quantitative estimate of drug-likeness (QED) is 0.822. The summed E-state index contributed by atoms with van der Waals surface area (Å²) in [5.74, 6) is -0.708. The maximum absolute atomic E-state index is 14.2. The van der Waals surface area contributed by atoms with Crippen LogP contribution in [0.5, 0.6) is 0 Å². The van der Waals surface area contributed by atoms with Crippen molar-refractivity contribution in [3.05, 3.63) is 23.5 Å². The molecule has 2 unspecified atom stereocenters. The molecule has 0 bridgehead atoms. The summed E-state index contributed by atoms with van der Waals surface area (Å²) in [6.07, 6.45) is 0.471. The molecule has 0 aromatic heterocycles. The number of hydrogen-bond donors (Lipinski definition) is 2. The van der Waals surface area contributed by atoms with Crippen LogP contribution in [0.1, 0.15) is 17.9 Å². The van der Waals surface area contributed by atoms with E-state index in [-0.39, 0.29) is 23.6 Å². The highest BCUT2D eigenvalue weighted by molar-refractivity contribution is 8.00. The van der Waals surface area contributed by atoms with Crippen LogP contribution >= 0.6 is 23.4 Å². The first-order valence-electron chi connectivity index (χ1n) is 6.21. The van der Waals surface area contributed by atoms with Crippen molar-refractivity contribution in [1.29, 1.82) is 0 Å². The van der Waals surface area contributed by atoms with Gasteiger partial charge in [0.25, 0.3) is 0 Å².